The zero-order valence-electron chi connectivity index (χ0n) is 12.4. The van der Waals surface area contributed by atoms with E-state index in [0.717, 1.165) is 0 Å². The predicted molar refractivity (Wildman–Crippen MR) is 86.2 cm³/mol. The third-order valence-electron chi connectivity index (χ3n) is 3.60. The Hall–Kier alpha value is -1.30. The molecule has 22 heavy (non-hydrogen) atoms. The third-order valence-corrected chi connectivity index (χ3v) is 4.04. The molecule has 0 aromatic heterocycles. The van der Waals surface area contributed by atoms with Crippen LogP contribution in [-0.4, -0.2) is 43.0 Å². The maximum absolute atomic E-state index is 12.3. The molecule has 1 aromatic rings. The minimum absolute atomic E-state index is 0.0335. The molecule has 5 nitrogen and oxygen atoms in total. The average molecular weight is 345 g/mol. The molecule has 2 rings (SSSR count). The second-order valence-corrected chi connectivity index (χ2v) is 6.27. The van der Waals surface area contributed by atoms with Gasteiger partial charge < -0.3 is 15.0 Å². The fourth-order valence-electron chi connectivity index (χ4n) is 2.53. The maximum Gasteiger partial charge on any atom is 0.229 e. The lowest BCUT2D eigenvalue weighted by atomic mass is 10.1. The molecular formula is C15H18Cl2N2O3. The standard InChI is InChI=1S/C15H18Cl2N2O3/c1-9(8-22-2)19-7-10(3-14(19)20)15(21)18-13-5-11(16)4-12(17)6-13/h4-6,9-10H,3,7-8H2,1-2H3,(H,18,21)/t9-,10+/m0/s1. The van der Waals surface area contributed by atoms with Gasteiger partial charge in [0.1, 0.15) is 0 Å². The smallest absolute Gasteiger partial charge is 0.229 e. The second kappa shape index (κ2) is 7.31. The summed E-state index contributed by atoms with van der Waals surface area (Å²) in [7, 11) is 1.59. The van der Waals surface area contributed by atoms with Crippen molar-refractivity contribution in [2.75, 3.05) is 25.6 Å². The van der Waals surface area contributed by atoms with Crippen LogP contribution in [0.2, 0.25) is 10.0 Å². The molecule has 0 radical (unpaired) electrons. The number of ether oxygens (including phenoxy) is 1. The van der Waals surface area contributed by atoms with Crippen molar-refractivity contribution in [3.05, 3.63) is 28.2 Å². The molecule has 1 heterocycles. The fraction of sp³-hybridized carbons (Fsp3) is 0.467. The first-order valence-electron chi connectivity index (χ1n) is 6.96. The number of anilines is 1. The molecule has 1 N–H and O–H groups in total. The summed E-state index contributed by atoms with van der Waals surface area (Å²) >= 11 is 11.8. The molecule has 1 fully saturated rings. The van der Waals surface area contributed by atoms with E-state index in [2.05, 4.69) is 5.32 Å². The first-order valence-corrected chi connectivity index (χ1v) is 7.71. The number of nitrogens with one attached hydrogen (secondary N) is 1. The number of hydrogen-bond acceptors (Lipinski definition) is 3. The van der Waals surface area contributed by atoms with Gasteiger partial charge in [-0.25, -0.2) is 0 Å². The van der Waals surface area contributed by atoms with E-state index in [1.165, 1.54) is 0 Å². The Bertz CT molecular complexity index is 560. The first-order chi connectivity index (χ1) is 10.4. The van der Waals surface area contributed by atoms with Crippen LogP contribution in [0.1, 0.15) is 13.3 Å². The molecule has 0 bridgehead atoms. The van der Waals surface area contributed by atoms with Gasteiger partial charge in [0.15, 0.2) is 0 Å². The number of nitrogens with zero attached hydrogens (tertiary/aromatic N) is 1. The molecule has 0 unspecified atom stereocenters. The van der Waals surface area contributed by atoms with E-state index < -0.39 is 0 Å². The van der Waals surface area contributed by atoms with Crippen LogP contribution in [0.15, 0.2) is 18.2 Å². The van der Waals surface area contributed by atoms with Gasteiger partial charge in [-0.2, -0.15) is 0 Å². The zero-order valence-corrected chi connectivity index (χ0v) is 13.9. The van der Waals surface area contributed by atoms with Crippen LogP contribution in [-0.2, 0) is 14.3 Å². The molecule has 120 valence electrons. The van der Waals surface area contributed by atoms with E-state index in [0.29, 0.717) is 28.9 Å². The second-order valence-electron chi connectivity index (χ2n) is 5.40. The van der Waals surface area contributed by atoms with Crippen molar-refractivity contribution in [1.29, 1.82) is 0 Å². The minimum atomic E-state index is -0.385. The van der Waals surface area contributed by atoms with Crippen molar-refractivity contribution in [3.63, 3.8) is 0 Å². The highest BCUT2D eigenvalue weighted by molar-refractivity contribution is 6.35. The van der Waals surface area contributed by atoms with Gasteiger partial charge in [0.2, 0.25) is 11.8 Å². The van der Waals surface area contributed by atoms with E-state index >= 15 is 0 Å². The average Bonchev–Trinajstić information content (AvgIpc) is 2.80. The van der Waals surface area contributed by atoms with E-state index in [9.17, 15) is 9.59 Å². The SMILES string of the molecule is COC[C@H](C)N1C[C@H](C(=O)Nc2cc(Cl)cc(Cl)c2)CC1=O. The van der Waals surface area contributed by atoms with Crippen LogP contribution < -0.4 is 5.32 Å². The summed E-state index contributed by atoms with van der Waals surface area (Å²) in [5, 5.41) is 3.65. The summed E-state index contributed by atoms with van der Waals surface area (Å²) in [6.07, 6.45) is 0.203. The molecular weight excluding hydrogens is 327 g/mol. The van der Waals surface area contributed by atoms with Crippen LogP contribution in [0.5, 0.6) is 0 Å². The number of hydrogen-bond donors (Lipinski definition) is 1. The molecule has 1 aliphatic rings. The Kier molecular flexibility index (Phi) is 5.67. The largest absolute Gasteiger partial charge is 0.383 e. The molecule has 1 aliphatic heterocycles. The van der Waals surface area contributed by atoms with Crippen molar-refractivity contribution >= 4 is 40.7 Å². The molecule has 0 saturated carbocycles. The summed E-state index contributed by atoms with van der Waals surface area (Å²) in [5.74, 6) is -0.628. The van der Waals surface area contributed by atoms with Gasteiger partial charge >= 0.3 is 0 Å². The van der Waals surface area contributed by atoms with E-state index in [-0.39, 0.29) is 30.2 Å². The van der Waals surface area contributed by atoms with E-state index in [4.69, 9.17) is 27.9 Å². The monoisotopic (exact) mass is 344 g/mol. The number of likely N-dealkylation sites (tertiary alicyclic amines) is 1. The molecule has 1 aromatic carbocycles. The van der Waals surface area contributed by atoms with Gasteiger partial charge in [-0.1, -0.05) is 23.2 Å². The summed E-state index contributed by atoms with van der Waals surface area (Å²) in [4.78, 5) is 26.0. The van der Waals surface area contributed by atoms with Gasteiger partial charge in [-0.05, 0) is 25.1 Å². The Morgan fingerprint density at radius 2 is 2.05 bits per heavy atom. The van der Waals surface area contributed by atoms with Gasteiger partial charge in [0.25, 0.3) is 0 Å². The highest BCUT2D eigenvalue weighted by atomic mass is 35.5. The number of carbonyl (C=O) groups is 2. The molecule has 2 amide bonds. The summed E-state index contributed by atoms with van der Waals surface area (Å²) in [6, 6.07) is 4.78. The minimum Gasteiger partial charge on any atom is -0.383 e. The molecule has 0 spiro atoms. The van der Waals surface area contributed by atoms with Crippen molar-refractivity contribution in [1.82, 2.24) is 4.90 Å². The first kappa shape index (κ1) is 17.1. The molecule has 2 atom stereocenters. The van der Waals surface area contributed by atoms with Crippen LogP contribution in [0.25, 0.3) is 0 Å². The van der Waals surface area contributed by atoms with Crippen molar-refractivity contribution in [3.8, 4) is 0 Å². The van der Waals surface area contributed by atoms with Gasteiger partial charge in [0.05, 0.1) is 18.6 Å². The highest BCUT2D eigenvalue weighted by Crippen LogP contribution is 2.25. The number of halogens is 2. The summed E-state index contributed by atoms with van der Waals surface area (Å²) in [5.41, 5.74) is 0.526. The van der Waals surface area contributed by atoms with Crippen LogP contribution >= 0.6 is 23.2 Å². The Balaban J connectivity index is 2.00. The van der Waals surface area contributed by atoms with Crippen LogP contribution in [0, 0.1) is 5.92 Å². The van der Waals surface area contributed by atoms with Crippen molar-refractivity contribution in [2.45, 2.75) is 19.4 Å². The summed E-state index contributed by atoms with van der Waals surface area (Å²) in [6.45, 7) is 2.74. The van der Waals surface area contributed by atoms with Gasteiger partial charge in [-0.15, -0.1) is 0 Å². The van der Waals surface area contributed by atoms with Crippen LogP contribution in [0.4, 0.5) is 5.69 Å². The number of carbonyl (C=O) groups excluding carboxylic acids is 2. The number of benzene rings is 1. The number of amides is 2. The predicted octanol–water partition coefficient (Wildman–Crippen LogP) is 2.82. The quantitative estimate of drug-likeness (QED) is 0.893. The lowest BCUT2D eigenvalue weighted by Crippen LogP contribution is -2.38. The zero-order chi connectivity index (χ0) is 16.3. The molecule has 0 aliphatic carbocycles. The number of methoxy groups -OCH3 is 1. The van der Waals surface area contributed by atoms with E-state index in [1.54, 1.807) is 30.2 Å². The lowest BCUT2D eigenvalue weighted by Gasteiger charge is -2.23. The number of rotatable bonds is 5. The molecule has 1 saturated heterocycles. The van der Waals surface area contributed by atoms with Gasteiger partial charge in [-0.3, -0.25) is 9.59 Å². The Morgan fingerprint density at radius 1 is 1.41 bits per heavy atom. The van der Waals surface area contributed by atoms with Crippen molar-refractivity contribution in [2.24, 2.45) is 5.92 Å². The fourth-order valence-corrected chi connectivity index (χ4v) is 3.06. The van der Waals surface area contributed by atoms with E-state index in [1.807, 2.05) is 6.92 Å². The summed E-state index contributed by atoms with van der Waals surface area (Å²) < 4.78 is 5.06. The Labute approximate surface area is 139 Å². The lowest BCUT2D eigenvalue weighted by molar-refractivity contribution is -0.130. The highest BCUT2D eigenvalue weighted by Gasteiger charge is 2.36. The Morgan fingerprint density at radius 3 is 2.64 bits per heavy atom. The van der Waals surface area contributed by atoms with Crippen molar-refractivity contribution < 1.29 is 14.3 Å². The maximum atomic E-state index is 12.3. The molecule has 7 heteroatoms. The normalized spacial score (nSPS) is 19.4. The van der Waals surface area contributed by atoms with Crippen LogP contribution in [0.3, 0.4) is 0 Å². The van der Waals surface area contributed by atoms with Gasteiger partial charge in [0, 0.05) is 35.8 Å². The third kappa shape index (κ3) is 4.12. The topological polar surface area (TPSA) is 58.6 Å².